The summed E-state index contributed by atoms with van der Waals surface area (Å²) in [5.41, 5.74) is 14.8. The largest absolute Gasteiger partial charge is 0.456 e. The predicted molar refractivity (Wildman–Crippen MR) is 236 cm³/mol. The summed E-state index contributed by atoms with van der Waals surface area (Å²) in [5, 5.41) is 3.65. The Hall–Kier alpha value is -7.42. The van der Waals surface area contributed by atoms with Crippen molar-refractivity contribution in [3.63, 3.8) is 0 Å². The molecule has 0 aliphatic rings. The van der Waals surface area contributed by atoms with Crippen molar-refractivity contribution >= 4 is 38.8 Å². The van der Waals surface area contributed by atoms with Crippen LogP contribution in [0.4, 0.5) is 17.1 Å². The Morgan fingerprint density at radius 2 is 0.750 bits per heavy atom. The maximum atomic E-state index is 6.15. The number of nitrogens with zero attached hydrogens (tertiary/aromatic N) is 1. The van der Waals surface area contributed by atoms with E-state index in [-0.39, 0.29) is 0 Å². The van der Waals surface area contributed by atoms with Crippen molar-refractivity contribution in [3.05, 3.63) is 224 Å². The molecule has 0 atom stereocenters. The van der Waals surface area contributed by atoms with Gasteiger partial charge in [-0.2, -0.15) is 0 Å². The summed E-state index contributed by atoms with van der Waals surface area (Å²) in [5.74, 6) is 0.882. The summed E-state index contributed by atoms with van der Waals surface area (Å²) in [6.45, 7) is 0. The quantitative estimate of drug-likeness (QED) is 0.156. The highest BCUT2D eigenvalue weighted by Gasteiger charge is 2.14. The zero-order valence-corrected chi connectivity index (χ0v) is 30.7. The van der Waals surface area contributed by atoms with Crippen LogP contribution in [0.3, 0.4) is 0 Å². The van der Waals surface area contributed by atoms with Crippen molar-refractivity contribution in [2.24, 2.45) is 0 Å². The average molecular weight is 716 g/mol. The van der Waals surface area contributed by atoms with Crippen molar-refractivity contribution in [2.45, 2.75) is 0 Å². The van der Waals surface area contributed by atoms with Crippen LogP contribution in [0.5, 0.6) is 0 Å². The molecule has 0 bridgehead atoms. The number of anilines is 3. The Morgan fingerprint density at radius 3 is 1.39 bits per heavy atom. The smallest absolute Gasteiger partial charge is 0.135 e. The molecule has 0 spiro atoms. The van der Waals surface area contributed by atoms with E-state index >= 15 is 0 Å². The number of para-hydroxylation sites is 2. The first kappa shape index (κ1) is 33.2. The van der Waals surface area contributed by atoms with E-state index in [1.807, 2.05) is 18.2 Å². The normalized spacial score (nSPS) is 11.2. The molecule has 0 amide bonds. The van der Waals surface area contributed by atoms with Gasteiger partial charge in [-0.15, -0.1) is 0 Å². The van der Waals surface area contributed by atoms with E-state index in [0.29, 0.717) is 0 Å². The molecule has 0 unspecified atom stereocenters. The van der Waals surface area contributed by atoms with Gasteiger partial charge in [0.25, 0.3) is 0 Å². The fourth-order valence-corrected chi connectivity index (χ4v) is 7.78. The minimum absolute atomic E-state index is 0.882. The van der Waals surface area contributed by atoms with Crippen LogP contribution in [0.15, 0.2) is 229 Å². The standard InChI is InChI=1S/C54H37NO/c1-2-15-48(16-3-1)55(50-34-30-41(31-35-50)39-24-26-44(27-25-39)52-18-9-12-43-10-4-6-17-51(43)52)49-32-28-40(29-33-49)38-20-22-42(23-21-38)45-13-8-14-46(36-45)54-37-47-11-5-7-19-53(47)56-54/h1-37H. The number of hydrogen-bond acceptors (Lipinski definition) is 2. The van der Waals surface area contributed by atoms with E-state index in [2.05, 4.69) is 211 Å². The summed E-state index contributed by atoms with van der Waals surface area (Å²) in [6, 6.07) is 80.0. The molecule has 56 heavy (non-hydrogen) atoms. The molecular weight excluding hydrogens is 679 g/mol. The molecule has 1 aromatic heterocycles. The number of hydrogen-bond donors (Lipinski definition) is 0. The van der Waals surface area contributed by atoms with Crippen molar-refractivity contribution in [1.82, 2.24) is 0 Å². The van der Waals surface area contributed by atoms with E-state index in [0.717, 1.165) is 44.9 Å². The summed E-state index contributed by atoms with van der Waals surface area (Å²) < 4.78 is 6.15. The first-order chi connectivity index (χ1) is 27.7. The van der Waals surface area contributed by atoms with Crippen LogP contribution in [0.25, 0.3) is 77.6 Å². The van der Waals surface area contributed by atoms with Gasteiger partial charge in [0, 0.05) is 28.0 Å². The van der Waals surface area contributed by atoms with Crippen LogP contribution in [0.2, 0.25) is 0 Å². The lowest BCUT2D eigenvalue weighted by molar-refractivity contribution is 0.631. The third-order valence-electron chi connectivity index (χ3n) is 10.7. The monoisotopic (exact) mass is 715 g/mol. The van der Waals surface area contributed by atoms with Gasteiger partial charge < -0.3 is 9.32 Å². The first-order valence-corrected chi connectivity index (χ1v) is 19.1. The van der Waals surface area contributed by atoms with Crippen LogP contribution in [0.1, 0.15) is 0 Å². The topological polar surface area (TPSA) is 16.4 Å². The SMILES string of the molecule is c1ccc(N(c2ccc(-c3ccc(-c4cccc(-c5cc6ccccc6o5)c4)cc3)cc2)c2ccc(-c3ccc(-c4cccc5ccccc45)cc3)cc2)cc1. The summed E-state index contributed by atoms with van der Waals surface area (Å²) in [4.78, 5) is 2.31. The van der Waals surface area contributed by atoms with E-state index in [1.54, 1.807) is 0 Å². The number of fused-ring (bicyclic) bond motifs is 2. The van der Waals surface area contributed by atoms with Gasteiger partial charge in [0.15, 0.2) is 0 Å². The van der Waals surface area contributed by atoms with Crippen molar-refractivity contribution in [1.29, 1.82) is 0 Å². The maximum Gasteiger partial charge on any atom is 0.135 e. The molecule has 0 N–H and O–H groups in total. The predicted octanol–water partition coefficient (Wildman–Crippen LogP) is 15.4. The van der Waals surface area contributed by atoms with Gasteiger partial charge in [-0.3, -0.25) is 0 Å². The molecule has 9 aromatic carbocycles. The van der Waals surface area contributed by atoms with Crippen molar-refractivity contribution in [2.75, 3.05) is 4.90 Å². The highest BCUT2D eigenvalue weighted by Crippen LogP contribution is 2.38. The Bertz CT molecular complexity index is 2890. The molecular formula is C54H37NO. The number of benzene rings is 9. The lowest BCUT2D eigenvalue weighted by Crippen LogP contribution is -2.09. The minimum atomic E-state index is 0.882. The molecule has 0 aliphatic heterocycles. The molecule has 0 saturated heterocycles. The Morgan fingerprint density at radius 1 is 0.286 bits per heavy atom. The fourth-order valence-electron chi connectivity index (χ4n) is 7.78. The zero-order chi connectivity index (χ0) is 37.3. The van der Waals surface area contributed by atoms with E-state index in [4.69, 9.17) is 4.42 Å². The van der Waals surface area contributed by atoms with Gasteiger partial charge in [0.1, 0.15) is 11.3 Å². The molecule has 2 heteroatoms. The van der Waals surface area contributed by atoms with Gasteiger partial charge >= 0.3 is 0 Å². The Balaban J connectivity index is 0.890. The number of rotatable bonds is 8. The molecule has 0 fully saturated rings. The maximum absolute atomic E-state index is 6.15. The lowest BCUT2D eigenvalue weighted by Gasteiger charge is -2.26. The van der Waals surface area contributed by atoms with Crippen LogP contribution in [-0.2, 0) is 0 Å². The molecule has 2 nitrogen and oxygen atoms in total. The third kappa shape index (κ3) is 6.44. The zero-order valence-electron chi connectivity index (χ0n) is 30.7. The molecule has 0 radical (unpaired) electrons. The highest BCUT2D eigenvalue weighted by atomic mass is 16.3. The van der Waals surface area contributed by atoms with Crippen LogP contribution in [-0.4, -0.2) is 0 Å². The van der Waals surface area contributed by atoms with Gasteiger partial charge in [-0.25, -0.2) is 0 Å². The van der Waals surface area contributed by atoms with Gasteiger partial charge in [0.2, 0.25) is 0 Å². The summed E-state index contributed by atoms with van der Waals surface area (Å²) in [6.07, 6.45) is 0. The second-order valence-corrected chi connectivity index (χ2v) is 14.2. The van der Waals surface area contributed by atoms with E-state index in [1.165, 1.54) is 49.7 Å². The van der Waals surface area contributed by atoms with Gasteiger partial charge in [-0.1, -0.05) is 170 Å². The lowest BCUT2D eigenvalue weighted by atomic mass is 9.96. The molecule has 10 rings (SSSR count). The Kier molecular flexibility index (Phi) is 8.55. The fraction of sp³-hybridized carbons (Fsp3) is 0. The molecule has 0 saturated carbocycles. The van der Waals surface area contributed by atoms with Crippen molar-refractivity contribution in [3.8, 4) is 55.8 Å². The Labute approximate surface area is 327 Å². The molecule has 0 aliphatic carbocycles. The average Bonchev–Trinajstić information content (AvgIpc) is 3.72. The molecule has 1 heterocycles. The van der Waals surface area contributed by atoms with Crippen LogP contribution >= 0.6 is 0 Å². The second kappa shape index (κ2) is 14.4. The van der Waals surface area contributed by atoms with E-state index < -0.39 is 0 Å². The first-order valence-electron chi connectivity index (χ1n) is 19.1. The molecule has 10 aromatic rings. The number of furan rings is 1. The van der Waals surface area contributed by atoms with Crippen LogP contribution < -0.4 is 4.90 Å². The minimum Gasteiger partial charge on any atom is -0.456 e. The summed E-state index contributed by atoms with van der Waals surface area (Å²) in [7, 11) is 0. The summed E-state index contributed by atoms with van der Waals surface area (Å²) >= 11 is 0. The van der Waals surface area contributed by atoms with Gasteiger partial charge in [-0.05, 0) is 110 Å². The van der Waals surface area contributed by atoms with E-state index in [9.17, 15) is 0 Å². The van der Waals surface area contributed by atoms with Crippen molar-refractivity contribution < 1.29 is 4.42 Å². The highest BCUT2D eigenvalue weighted by molar-refractivity contribution is 5.97. The van der Waals surface area contributed by atoms with Crippen LogP contribution in [0, 0.1) is 0 Å². The van der Waals surface area contributed by atoms with Gasteiger partial charge in [0.05, 0.1) is 0 Å². The third-order valence-corrected chi connectivity index (χ3v) is 10.7. The molecule has 264 valence electrons. The second-order valence-electron chi connectivity index (χ2n) is 14.2.